The summed E-state index contributed by atoms with van der Waals surface area (Å²) in [5.41, 5.74) is -0.0345. The van der Waals surface area contributed by atoms with E-state index in [0.717, 1.165) is 39.0 Å². The standard InChI is InChI=1S/C16H30N2O2/c1-5-17-16(13-6-7-13,14(19)20-4)12-18-10-8-15(2,3)9-11-18/h13,17H,5-12H2,1-4H3. The number of carbonyl (C=O) groups is 1. The summed E-state index contributed by atoms with van der Waals surface area (Å²) in [6.07, 6.45) is 4.70. The van der Waals surface area contributed by atoms with E-state index in [1.807, 2.05) is 0 Å². The summed E-state index contributed by atoms with van der Waals surface area (Å²) >= 11 is 0. The number of methoxy groups -OCH3 is 1. The minimum absolute atomic E-state index is 0.0771. The number of likely N-dealkylation sites (tertiary alicyclic amines) is 1. The Morgan fingerprint density at radius 3 is 2.40 bits per heavy atom. The van der Waals surface area contributed by atoms with Crippen LogP contribution in [-0.4, -0.2) is 49.7 Å². The van der Waals surface area contributed by atoms with Crippen LogP contribution in [0.4, 0.5) is 0 Å². The third-order valence-corrected chi connectivity index (χ3v) is 5.00. The molecule has 0 radical (unpaired) electrons. The lowest BCUT2D eigenvalue weighted by Gasteiger charge is -2.42. The molecule has 0 spiro atoms. The molecule has 4 nitrogen and oxygen atoms in total. The Balaban J connectivity index is 2.06. The fourth-order valence-corrected chi connectivity index (χ4v) is 3.38. The first-order valence-electron chi connectivity index (χ1n) is 7.99. The average molecular weight is 282 g/mol. The fraction of sp³-hybridized carbons (Fsp3) is 0.938. The minimum Gasteiger partial charge on any atom is -0.468 e. The van der Waals surface area contributed by atoms with Gasteiger partial charge in [0.15, 0.2) is 0 Å². The number of likely N-dealkylation sites (N-methyl/N-ethyl adjacent to an activating group) is 1. The van der Waals surface area contributed by atoms with Crippen LogP contribution >= 0.6 is 0 Å². The molecule has 0 amide bonds. The number of nitrogens with one attached hydrogen (secondary N) is 1. The van der Waals surface area contributed by atoms with Crippen LogP contribution in [0, 0.1) is 11.3 Å². The van der Waals surface area contributed by atoms with Crippen molar-refractivity contribution in [2.75, 3.05) is 33.3 Å². The maximum absolute atomic E-state index is 12.4. The van der Waals surface area contributed by atoms with Gasteiger partial charge < -0.3 is 15.0 Å². The van der Waals surface area contributed by atoms with E-state index < -0.39 is 5.54 Å². The van der Waals surface area contributed by atoms with E-state index in [1.54, 1.807) is 0 Å². The third-order valence-electron chi connectivity index (χ3n) is 5.00. The first-order chi connectivity index (χ1) is 9.43. The number of nitrogens with zero attached hydrogens (tertiary/aromatic N) is 1. The second kappa shape index (κ2) is 6.02. The number of piperidine rings is 1. The van der Waals surface area contributed by atoms with E-state index in [9.17, 15) is 4.79 Å². The molecule has 1 atom stereocenters. The van der Waals surface area contributed by atoms with E-state index in [2.05, 4.69) is 31.0 Å². The van der Waals surface area contributed by atoms with Crippen molar-refractivity contribution in [1.82, 2.24) is 10.2 Å². The van der Waals surface area contributed by atoms with E-state index in [-0.39, 0.29) is 5.97 Å². The van der Waals surface area contributed by atoms with Crippen molar-refractivity contribution < 1.29 is 9.53 Å². The first-order valence-corrected chi connectivity index (χ1v) is 7.99. The number of rotatable bonds is 6. The molecule has 0 aromatic rings. The Bertz CT molecular complexity index is 342. The van der Waals surface area contributed by atoms with Gasteiger partial charge in [0.05, 0.1) is 7.11 Å². The number of esters is 1. The van der Waals surface area contributed by atoms with E-state index in [4.69, 9.17) is 4.74 Å². The summed E-state index contributed by atoms with van der Waals surface area (Å²) < 4.78 is 5.12. The largest absolute Gasteiger partial charge is 0.468 e. The summed E-state index contributed by atoms with van der Waals surface area (Å²) in [7, 11) is 1.51. The Morgan fingerprint density at radius 2 is 1.95 bits per heavy atom. The molecular formula is C16H30N2O2. The van der Waals surface area contributed by atoms with Gasteiger partial charge in [-0.25, -0.2) is 4.79 Å². The number of carbonyl (C=O) groups excluding carboxylic acids is 1. The summed E-state index contributed by atoms with van der Waals surface area (Å²) in [5.74, 6) is 0.372. The lowest BCUT2D eigenvalue weighted by Crippen LogP contribution is -2.62. The summed E-state index contributed by atoms with van der Waals surface area (Å²) in [5, 5.41) is 3.46. The maximum Gasteiger partial charge on any atom is 0.327 e. The van der Waals surface area contributed by atoms with Crippen molar-refractivity contribution >= 4 is 5.97 Å². The summed E-state index contributed by atoms with van der Waals surface area (Å²) in [6.45, 7) is 10.5. The molecular weight excluding hydrogens is 252 g/mol. The van der Waals surface area contributed by atoms with Crippen LogP contribution in [0.15, 0.2) is 0 Å². The van der Waals surface area contributed by atoms with Crippen molar-refractivity contribution in [3.05, 3.63) is 0 Å². The zero-order valence-electron chi connectivity index (χ0n) is 13.5. The lowest BCUT2D eigenvalue weighted by atomic mass is 9.81. The van der Waals surface area contributed by atoms with Crippen molar-refractivity contribution in [3.63, 3.8) is 0 Å². The second-order valence-corrected chi connectivity index (χ2v) is 7.21. The van der Waals surface area contributed by atoms with E-state index in [1.165, 1.54) is 20.0 Å². The Hall–Kier alpha value is -0.610. The Kier molecular flexibility index (Phi) is 4.75. The molecule has 20 heavy (non-hydrogen) atoms. The van der Waals surface area contributed by atoms with Gasteiger partial charge in [-0.3, -0.25) is 0 Å². The second-order valence-electron chi connectivity index (χ2n) is 7.21. The highest BCUT2D eigenvalue weighted by molar-refractivity contribution is 5.82. The van der Waals surface area contributed by atoms with Crippen LogP contribution in [0.2, 0.25) is 0 Å². The topological polar surface area (TPSA) is 41.6 Å². The number of ether oxygens (including phenoxy) is 1. The van der Waals surface area contributed by atoms with Gasteiger partial charge >= 0.3 is 5.97 Å². The molecule has 0 bridgehead atoms. The average Bonchev–Trinajstić information content (AvgIpc) is 3.24. The van der Waals surface area contributed by atoms with Gasteiger partial charge in [-0.1, -0.05) is 20.8 Å². The lowest BCUT2D eigenvalue weighted by molar-refractivity contribution is -0.151. The van der Waals surface area contributed by atoms with Gasteiger partial charge in [-0.15, -0.1) is 0 Å². The molecule has 1 saturated heterocycles. The van der Waals surface area contributed by atoms with Crippen LogP contribution in [0.25, 0.3) is 0 Å². The Labute approximate surface area is 123 Å². The van der Waals surface area contributed by atoms with E-state index in [0.29, 0.717) is 11.3 Å². The molecule has 116 valence electrons. The zero-order chi connectivity index (χ0) is 14.8. The minimum atomic E-state index is -0.481. The molecule has 1 aliphatic carbocycles. The normalized spacial score (nSPS) is 26.0. The predicted octanol–water partition coefficient (Wildman–Crippen LogP) is 2.04. The highest BCUT2D eigenvalue weighted by Gasteiger charge is 2.52. The van der Waals surface area contributed by atoms with Crippen LogP contribution < -0.4 is 5.32 Å². The molecule has 1 N–H and O–H groups in total. The van der Waals surface area contributed by atoms with Crippen molar-refractivity contribution in [3.8, 4) is 0 Å². The van der Waals surface area contributed by atoms with Gasteiger partial charge in [0.2, 0.25) is 0 Å². The summed E-state index contributed by atoms with van der Waals surface area (Å²) in [6, 6.07) is 0. The van der Waals surface area contributed by atoms with Gasteiger partial charge in [0.25, 0.3) is 0 Å². The number of hydrogen-bond acceptors (Lipinski definition) is 4. The third kappa shape index (κ3) is 3.34. The molecule has 1 aliphatic heterocycles. The highest BCUT2D eigenvalue weighted by Crippen LogP contribution is 2.42. The first kappa shape index (κ1) is 15.8. The van der Waals surface area contributed by atoms with Crippen LogP contribution in [0.5, 0.6) is 0 Å². The smallest absolute Gasteiger partial charge is 0.327 e. The van der Waals surface area contributed by atoms with Gasteiger partial charge in [-0.2, -0.15) is 0 Å². The molecule has 2 rings (SSSR count). The molecule has 1 heterocycles. The van der Waals surface area contributed by atoms with Crippen LogP contribution in [0.3, 0.4) is 0 Å². The van der Waals surface area contributed by atoms with Crippen molar-refractivity contribution in [2.24, 2.45) is 11.3 Å². The van der Waals surface area contributed by atoms with Gasteiger partial charge in [-0.05, 0) is 56.7 Å². The van der Waals surface area contributed by atoms with Crippen molar-refractivity contribution in [2.45, 2.75) is 52.0 Å². The zero-order valence-corrected chi connectivity index (χ0v) is 13.5. The van der Waals surface area contributed by atoms with Crippen LogP contribution in [0.1, 0.15) is 46.5 Å². The fourth-order valence-electron chi connectivity index (χ4n) is 3.38. The molecule has 0 aromatic heterocycles. The SMILES string of the molecule is CCNC(CN1CCC(C)(C)CC1)(C(=O)OC)C1CC1. The predicted molar refractivity (Wildman–Crippen MR) is 80.6 cm³/mol. The van der Waals surface area contributed by atoms with Gasteiger partial charge in [0.1, 0.15) is 5.54 Å². The molecule has 1 saturated carbocycles. The monoisotopic (exact) mass is 282 g/mol. The molecule has 2 fully saturated rings. The molecule has 4 heteroatoms. The van der Waals surface area contributed by atoms with Gasteiger partial charge in [0, 0.05) is 6.54 Å². The highest BCUT2D eigenvalue weighted by atomic mass is 16.5. The molecule has 0 aromatic carbocycles. The van der Waals surface area contributed by atoms with Crippen molar-refractivity contribution in [1.29, 1.82) is 0 Å². The Morgan fingerprint density at radius 1 is 1.35 bits per heavy atom. The molecule has 2 aliphatic rings. The summed E-state index contributed by atoms with van der Waals surface area (Å²) in [4.78, 5) is 14.8. The maximum atomic E-state index is 12.4. The van der Waals surface area contributed by atoms with E-state index >= 15 is 0 Å². The number of hydrogen-bond donors (Lipinski definition) is 1. The quantitative estimate of drug-likeness (QED) is 0.757. The van der Waals surface area contributed by atoms with Crippen LogP contribution in [-0.2, 0) is 9.53 Å². The molecule has 1 unspecified atom stereocenters.